The number of hydrogen-bond acceptors (Lipinski definition) is 2. The zero-order chi connectivity index (χ0) is 14.7. The van der Waals surface area contributed by atoms with Gasteiger partial charge in [0.25, 0.3) is 0 Å². The Bertz CT molecular complexity index is 491. The lowest BCUT2D eigenvalue weighted by molar-refractivity contribution is -0.141. The van der Waals surface area contributed by atoms with E-state index in [1.807, 2.05) is 12.1 Å². The average molecular weight is 276 g/mol. The molecule has 5 nitrogen and oxygen atoms in total. The maximum absolute atomic E-state index is 12.1. The Labute approximate surface area is 118 Å². The number of nitrogens with one attached hydrogen (secondary N) is 1. The van der Waals surface area contributed by atoms with Crippen LogP contribution in [0.25, 0.3) is 0 Å². The summed E-state index contributed by atoms with van der Waals surface area (Å²) < 4.78 is 0. The van der Waals surface area contributed by atoms with Gasteiger partial charge in [0.15, 0.2) is 0 Å². The van der Waals surface area contributed by atoms with Crippen molar-refractivity contribution in [2.75, 3.05) is 7.05 Å². The number of likely N-dealkylation sites (N-methyl/N-ethyl adjacent to an activating group) is 1. The van der Waals surface area contributed by atoms with Crippen molar-refractivity contribution in [1.29, 1.82) is 0 Å². The van der Waals surface area contributed by atoms with Crippen molar-refractivity contribution in [2.24, 2.45) is 0 Å². The van der Waals surface area contributed by atoms with E-state index in [0.29, 0.717) is 6.42 Å². The van der Waals surface area contributed by atoms with Gasteiger partial charge in [0, 0.05) is 13.1 Å². The van der Waals surface area contributed by atoms with Gasteiger partial charge in [-0.2, -0.15) is 0 Å². The molecule has 0 spiro atoms. The first-order valence-corrected chi connectivity index (χ1v) is 6.85. The molecular weight excluding hydrogens is 256 g/mol. The number of carboxylic acids is 1. The molecule has 0 saturated heterocycles. The highest BCUT2D eigenvalue weighted by molar-refractivity contribution is 5.82. The van der Waals surface area contributed by atoms with E-state index in [1.54, 1.807) is 6.92 Å². The molecule has 5 heteroatoms. The van der Waals surface area contributed by atoms with E-state index in [9.17, 15) is 9.59 Å². The summed E-state index contributed by atoms with van der Waals surface area (Å²) in [6, 6.07) is 7.07. The highest BCUT2D eigenvalue weighted by Gasteiger charge is 2.28. The van der Waals surface area contributed by atoms with Crippen molar-refractivity contribution in [1.82, 2.24) is 10.2 Å². The van der Waals surface area contributed by atoms with Crippen LogP contribution < -0.4 is 5.32 Å². The van der Waals surface area contributed by atoms with E-state index in [4.69, 9.17) is 5.11 Å². The Kier molecular flexibility index (Phi) is 4.27. The fraction of sp³-hybridized carbons (Fsp3) is 0.467. The number of carbonyl (C=O) groups excluding carboxylic acids is 1. The van der Waals surface area contributed by atoms with Gasteiger partial charge < -0.3 is 15.3 Å². The first-order chi connectivity index (χ1) is 9.52. The number of rotatable bonds is 4. The van der Waals surface area contributed by atoms with E-state index in [2.05, 4.69) is 17.4 Å². The molecule has 2 N–H and O–H groups in total. The SMILES string of the molecule is CCC(C(=O)O)N(C)C(=O)NC1Cc2ccccc2C1. The molecule has 2 amide bonds. The molecule has 20 heavy (non-hydrogen) atoms. The topological polar surface area (TPSA) is 69.6 Å². The molecule has 0 bridgehead atoms. The quantitative estimate of drug-likeness (QED) is 0.878. The standard InChI is InChI=1S/C15H20N2O3/c1-3-13(14(18)19)17(2)15(20)16-12-8-10-6-4-5-7-11(10)9-12/h4-7,12-13H,3,8-9H2,1-2H3,(H,16,20)(H,18,19). The summed E-state index contributed by atoms with van der Waals surface area (Å²) in [6.45, 7) is 1.76. The van der Waals surface area contributed by atoms with Crippen LogP contribution in [-0.2, 0) is 17.6 Å². The molecule has 1 atom stereocenters. The normalized spacial score (nSPS) is 15.5. The molecule has 0 aliphatic heterocycles. The lowest BCUT2D eigenvalue weighted by Gasteiger charge is -2.25. The molecule has 0 aromatic heterocycles. The summed E-state index contributed by atoms with van der Waals surface area (Å²) in [5.74, 6) is -0.972. The number of carbonyl (C=O) groups is 2. The number of urea groups is 1. The Morgan fingerprint density at radius 2 is 1.90 bits per heavy atom. The van der Waals surface area contributed by atoms with Crippen molar-refractivity contribution in [2.45, 2.75) is 38.3 Å². The van der Waals surface area contributed by atoms with Crippen LogP contribution in [0.5, 0.6) is 0 Å². The van der Waals surface area contributed by atoms with Gasteiger partial charge in [-0.05, 0) is 30.4 Å². The molecule has 1 aliphatic rings. The molecule has 0 fully saturated rings. The van der Waals surface area contributed by atoms with Crippen LogP contribution in [0, 0.1) is 0 Å². The summed E-state index contributed by atoms with van der Waals surface area (Å²) in [7, 11) is 1.53. The van der Waals surface area contributed by atoms with Crippen molar-refractivity contribution < 1.29 is 14.7 Å². The van der Waals surface area contributed by atoms with Crippen molar-refractivity contribution >= 4 is 12.0 Å². The molecular formula is C15H20N2O3. The zero-order valence-corrected chi connectivity index (χ0v) is 11.8. The summed E-state index contributed by atoms with van der Waals surface area (Å²) >= 11 is 0. The van der Waals surface area contributed by atoms with Crippen LogP contribution in [0.4, 0.5) is 4.79 Å². The third-order valence-electron chi connectivity index (χ3n) is 3.84. The first-order valence-electron chi connectivity index (χ1n) is 6.85. The van der Waals surface area contributed by atoms with Gasteiger partial charge in [-0.1, -0.05) is 31.2 Å². The number of hydrogen-bond donors (Lipinski definition) is 2. The largest absolute Gasteiger partial charge is 0.480 e. The number of carboxylic acid groups (broad SMARTS) is 1. The van der Waals surface area contributed by atoms with E-state index < -0.39 is 12.0 Å². The van der Waals surface area contributed by atoms with Crippen molar-refractivity contribution in [3.8, 4) is 0 Å². The molecule has 1 aromatic rings. The average Bonchev–Trinajstić information content (AvgIpc) is 2.80. The lowest BCUT2D eigenvalue weighted by Crippen LogP contribution is -2.50. The van der Waals surface area contributed by atoms with Crippen molar-refractivity contribution in [3.63, 3.8) is 0 Å². The van der Waals surface area contributed by atoms with Gasteiger partial charge in [0.05, 0.1) is 0 Å². The third kappa shape index (κ3) is 2.92. The number of aliphatic carboxylic acids is 1. The van der Waals surface area contributed by atoms with Crippen molar-refractivity contribution in [3.05, 3.63) is 35.4 Å². The van der Waals surface area contributed by atoms with Gasteiger partial charge in [-0.25, -0.2) is 9.59 Å². The van der Waals surface area contributed by atoms with Crippen LogP contribution in [0.1, 0.15) is 24.5 Å². The molecule has 1 aromatic carbocycles. The second kappa shape index (κ2) is 5.94. The highest BCUT2D eigenvalue weighted by Crippen LogP contribution is 2.21. The van der Waals surface area contributed by atoms with Crippen LogP contribution >= 0.6 is 0 Å². The number of benzene rings is 1. The van der Waals surface area contributed by atoms with Gasteiger partial charge >= 0.3 is 12.0 Å². The van der Waals surface area contributed by atoms with Gasteiger partial charge in [-0.15, -0.1) is 0 Å². The minimum atomic E-state index is -0.972. The number of amides is 2. The summed E-state index contributed by atoms with van der Waals surface area (Å²) in [5, 5.41) is 12.0. The van der Waals surface area contributed by atoms with Crippen LogP contribution in [0.2, 0.25) is 0 Å². The van der Waals surface area contributed by atoms with E-state index in [1.165, 1.54) is 23.1 Å². The first kappa shape index (κ1) is 14.4. The molecule has 1 unspecified atom stereocenters. The second-order valence-electron chi connectivity index (χ2n) is 5.20. The summed E-state index contributed by atoms with van der Waals surface area (Å²) in [4.78, 5) is 24.4. The minimum absolute atomic E-state index is 0.0497. The van der Waals surface area contributed by atoms with E-state index in [0.717, 1.165) is 12.8 Å². The van der Waals surface area contributed by atoms with Crippen LogP contribution in [-0.4, -0.2) is 41.1 Å². The predicted octanol–water partition coefficient (Wildman–Crippen LogP) is 1.66. The smallest absolute Gasteiger partial charge is 0.326 e. The van der Waals surface area contributed by atoms with E-state index in [-0.39, 0.29) is 12.1 Å². The molecule has 0 radical (unpaired) electrons. The molecule has 1 aliphatic carbocycles. The Balaban J connectivity index is 1.95. The maximum atomic E-state index is 12.1. The Morgan fingerprint density at radius 1 is 1.35 bits per heavy atom. The highest BCUT2D eigenvalue weighted by atomic mass is 16.4. The van der Waals surface area contributed by atoms with Gasteiger partial charge in [0.1, 0.15) is 6.04 Å². The minimum Gasteiger partial charge on any atom is -0.480 e. The third-order valence-corrected chi connectivity index (χ3v) is 3.84. The Hall–Kier alpha value is -2.04. The van der Waals surface area contributed by atoms with E-state index >= 15 is 0 Å². The van der Waals surface area contributed by atoms with Gasteiger partial charge in [0.2, 0.25) is 0 Å². The summed E-state index contributed by atoms with van der Waals surface area (Å²) in [6.07, 6.45) is 2.00. The van der Waals surface area contributed by atoms with Crippen LogP contribution in [0.3, 0.4) is 0 Å². The zero-order valence-electron chi connectivity index (χ0n) is 11.8. The maximum Gasteiger partial charge on any atom is 0.326 e. The van der Waals surface area contributed by atoms with Gasteiger partial charge in [-0.3, -0.25) is 0 Å². The molecule has 108 valence electrons. The molecule has 0 saturated carbocycles. The monoisotopic (exact) mass is 276 g/mol. The van der Waals surface area contributed by atoms with Crippen LogP contribution in [0.15, 0.2) is 24.3 Å². The number of fused-ring (bicyclic) bond motifs is 1. The predicted molar refractivity (Wildman–Crippen MR) is 75.6 cm³/mol. The number of nitrogens with zero attached hydrogens (tertiary/aromatic N) is 1. The lowest BCUT2D eigenvalue weighted by atomic mass is 10.1. The molecule has 0 heterocycles. The second-order valence-corrected chi connectivity index (χ2v) is 5.20. The summed E-state index contributed by atoms with van der Waals surface area (Å²) in [5.41, 5.74) is 2.51. The fourth-order valence-electron chi connectivity index (χ4n) is 2.69. The molecule has 2 rings (SSSR count). The fourth-order valence-corrected chi connectivity index (χ4v) is 2.69. The Morgan fingerprint density at radius 3 is 2.35 bits per heavy atom.